The number of carboxylic acids is 1. The topological polar surface area (TPSA) is 116 Å². The number of ether oxygens (including phenoxy) is 1. The third kappa shape index (κ3) is 4.37. The number of nitrogens with one attached hydrogen (secondary N) is 1. The Morgan fingerprint density at radius 3 is 2.45 bits per heavy atom. The van der Waals surface area contributed by atoms with Crippen molar-refractivity contribution in [2.24, 2.45) is 0 Å². The molecule has 1 aliphatic rings. The molecule has 0 bridgehead atoms. The molecule has 0 saturated carbocycles. The first-order chi connectivity index (χ1) is 9.11. The number of hydrogen-bond acceptors (Lipinski definition) is 5. The van der Waals surface area contributed by atoms with E-state index < -0.39 is 35.7 Å². The van der Waals surface area contributed by atoms with Gasteiger partial charge in [0.25, 0.3) is 0 Å². The highest BCUT2D eigenvalue weighted by Crippen LogP contribution is 2.18. The number of aliphatic carboxylic acids is 1. The highest BCUT2D eigenvalue weighted by Gasteiger charge is 2.40. The zero-order valence-electron chi connectivity index (χ0n) is 11.8. The molecule has 0 radical (unpaired) electrons. The lowest BCUT2D eigenvalue weighted by atomic mass is 10.2. The van der Waals surface area contributed by atoms with Crippen molar-refractivity contribution in [2.75, 3.05) is 13.1 Å². The second kappa shape index (κ2) is 6.08. The SMILES string of the molecule is CC(C)(C)OC(=O)NCC(=O)N1CC[C@H](O)[C@H]1C(=O)O. The van der Waals surface area contributed by atoms with Crippen LogP contribution in [-0.4, -0.2) is 63.9 Å². The maximum absolute atomic E-state index is 11.9. The molecule has 1 fully saturated rings. The van der Waals surface area contributed by atoms with Crippen LogP contribution in [0.1, 0.15) is 27.2 Å². The van der Waals surface area contributed by atoms with Crippen LogP contribution in [0.4, 0.5) is 4.79 Å². The van der Waals surface area contributed by atoms with Crippen LogP contribution in [0.3, 0.4) is 0 Å². The van der Waals surface area contributed by atoms with E-state index in [9.17, 15) is 19.5 Å². The first-order valence-corrected chi connectivity index (χ1v) is 6.29. The molecule has 0 aromatic rings. The minimum Gasteiger partial charge on any atom is -0.480 e. The minimum absolute atomic E-state index is 0.146. The zero-order chi connectivity index (χ0) is 15.5. The number of aliphatic hydroxyl groups excluding tert-OH is 1. The molecule has 2 atom stereocenters. The lowest BCUT2D eigenvalue weighted by Gasteiger charge is -2.23. The second-order valence-electron chi connectivity index (χ2n) is 5.58. The lowest BCUT2D eigenvalue weighted by molar-refractivity contribution is -0.150. The Labute approximate surface area is 116 Å². The van der Waals surface area contributed by atoms with Crippen LogP contribution in [0.15, 0.2) is 0 Å². The van der Waals surface area contributed by atoms with Crippen LogP contribution >= 0.6 is 0 Å². The van der Waals surface area contributed by atoms with E-state index in [2.05, 4.69) is 5.32 Å². The number of aliphatic hydroxyl groups is 1. The van der Waals surface area contributed by atoms with Gasteiger partial charge in [-0.2, -0.15) is 0 Å². The summed E-state index contributed by atoms with van der Waals surface area (Å²) in [5, 5.41) is 20.8. The van der Waals surface area contributed by atoms with E-state index in [1.54, 1.807) is 20.8 Å². The normalized spacial score (nSPS) is 22.5. The van der Waals surface area contributed by atoms with E-state index in [4.69, 9.17) is 9.84 Å². The van der Waals surface area contributed by atoms with Crippen LogP contribution < -0.4 is 5.32 Å². The zero-order valence-corrected chi connectivity index (χ0v) is 11.8. The van der Waals surface area contributed by atoms with Crippen molar-refractivity contribution in [1.29, 1.82) is 0 Å². The third-order valence-corrected chi connectivity index (χ3v) is 2.72. The summed E-state index contributed by atoms with van der Waals surface area (Å²) in [6, 6.07) is -1.26. The number of rotatable bonds is 3. The maximum Gasteiger partial charge on any atom is 0.408 e. The number of hydrogen-bond donors (Lipinski definition) is 3. The fraction of sp³-hybridized carbons (Fsp3) is 0.750. The van der Waals surface area contributed by atoms with Crippen LogP contribution in [-0.2, 0) is 14.3 Å². The first kappa shape index (κ1) is 16.2. The third-order valence-electron chi connectivity index (χ3n) is 2.72. The van der Waals surface area contributed by atoms with Gasteiger partial charge in [0, 0.05) is 6.54 Å². The van der Waals surface area contributed by atoms with Crippen molar-refractivity contribution in [3.8, 4) is 0 Å². The molecule has 20 heavy (non-hydrogen) atoms. The molecule has 0 unspecified atom stereocenters. The van der Waals surface area contributed by atoms with Gasteiger partial charge in [0.2, 0.25) is 5.91 Å². The van der Waals surface area contributed by atoms with Crippen molar-refractivity contribution in [3.63, 3.8) is 0 Å². The number of nitrogens with zero attached hydrogens (tertiary/aromatic N) is 1. The summed E-state index contributed by atoms with van der Waals surface area (Å²) in [4.78, 5) is 35.3. The Morgan fingerprint density at radius 2 is 1.95 bits per heavy atom. The fourth-order valence-corrected chi connectivity index (χ4v) is 1.92. The van der Waals surface area contributed by atoms with E-state index >= 15 is 0 Å². The summed E-state index contributed by atoms with van der Waals surface area (Å²) in [5.41, 5.74) is -0.680. The molecule has 0 aliphatic carbocycles. The van der Waals surface area contributed by atoms with E-state index in [-0.39, 0.29) is 19.5 Å². The largest absolute Gasteiger partial charge is 0.480 e. The maximum atomic E-state index is 11.9. The fourth-order valence-electron chi connectivity index (χ4n) is 1.92. The van der Waals surface area contributed by atoms with Crippen LogP contribution in [0.2, 0.25) is 0 Å². The second-order valence-corrected chi connectivity index (χ2v) is 5.58. The summed E-state index contributed by atoms with van der Waals surface area (Å²) >= 11 is 0. The molecule has 8 nitrogen and oxygen atoms in total. The minimum atomic E-state index is -1.26. The van der Waals surface area contributed by atoms with E-state index in [1.165, 1.54) is 0 Å². The molecule has 114 valence electrons. The number of alkyl carbamates (subject to hydrolysis) is 1. The van der Waals surface area contributed by atoms with Gasteiger partial charge in [-0.05, 0) is 27.2 Å². The molecule has 1 saturated heterocycles. The van der Waals surface area contributed by atoms with Gasteiger partial charge >= 0.3 is 12.1 Å². The van der Waals surface area contributed by atoms with Gasteiger partial charge in [0.1, 0.15) is 12.1 Å². The number of carbonyl (C=O) groups is 3. The molecule has 0 spiro atoms. The van der Waals surface area contributed by atoms with Crippen molar-refractivity contribution in [3.05, 3.63) is 0 Å². The number of carboxylic acid groups (broad SMARTS) is 1. The Balaban J connectivity index is 2.51. The van der Waals surface area contributed by atoms with Crippen molar-refractivity contribution in [2.45, 2.75) is 44.9 Å². The van der Waals surface area contributed by atoms with Gasteiger partial charge in [0.15, 0.2) is 6.04 Å². The number of amides is 2. The number of likely N-dealkylation sites (tertiary alicyclic amines) is 1. The van der Waals surface area contributed by atoms with Crippen LogP contribution in [0.25, 0.3) is 0 Å². The predicted molar refractivity (Wildman–Crippen MR) is 68.0 cm³/mol. The summed E-state index contributed by atoms with van der Waals surface area (Å²) < 4.78 is 4.96. The van der Waals surface area contributed by atoms with E-state index in [0.717, 1.165) is 4.90 Å². The summed E-state index contributed by atoms with van der Waals surface area (Å²) in [7, 11) is 0. The molecule has 0 aromatic heterocycles. The van der Waals surface area contributed by atoms with Crippen molar-refractivity contribution in [1.82, 2.24) is 10.2 Å². The van der Waals surface area contributed by atoms with Gasteiger partial charge in [-0.1, -0.05) is 0 Å². The van der Waals surface area contributed by atoms with Crippen molar-refractivity contribution < 1.29 is 29.3 Å². The summed E-state index contributed by atoms with van der Waals surface area (Å²) in [6.07, 6.45) is -1.63. The van der Waals surface area contributed by atoms with Crippen LogP contribution in [0, 0.1) is 0 Å². The molecule has 1 heterocycles. The Bertz CT molecular complexity index is 403. The predicted octanol–water partition coefficient (Wildman–Crippen LogP) is -0.442. The average molecular weight is 288 g/mol. The number of carbonyl (C=O) groups excluding carboxylic acids is 2. The first-order valence-electron chi connectivity index (χ1n) is 6.29. The highest BCUT2D eigenvalue weighted by molar-refractivity contribution is 5.87. The molecular weight excluding hydrogens is 268 g/mol. The summed E-state index contributed by atoms with van der Waals surface area (Å²) in [5.74, 6) is -1.83. The highest BCUT2D eigenvalue weighted by atomic mass is 16.6. The lowest BCUT2D eigenvalue weighted by Crippen LogP contribution is -2.48. The van der Waals surface area contributed by atoms with Crippen molar-refractivity contribution >= 4 is 18.0 Å². The summed E-state index contributed by atoms with van der Waals surface area (Å²) in [6.45, 7) is 4.83. The van der Waals surface area contributed by atoms with Gasteiger partial charge in [-0.15, -0.1) is 0 Å². The molecular formula is C12H20N2O6. The molecule has 3 N–H and O–H groups in total. The standard InChI is InChI=1S/C12H20N2O6/c1-12(2,3)20-11(19)13-6-8(16)14-5-4-7(15)9(14)10(17)18/h7,9,15H,4-6H2,1-3H3,(H,13,19)(H,17,18)/t7-,9-/m0/s1. The van der Waals surface area contributed by atoms with Gasteiger partial charge in [-0.3, -0.25) is 4.79 Å². The van der Waals surface area contributed by atoms with Gasteiger partial charge in [-0.25, -0.2) is 9.59 Å². The quantitative estimate of drug-likeness (QED) is 0.648. The monoisotopic (exact) mass is 288 g/mol. The Hall–Kier alpha value is -1.83. The van der Waals surface area contributed by atoms with Gasteiger partial charge in [0.05, 0.1) is 6.10 Å². The Kier molecular flexibility index (Phi) is 4.93. The molecule has 0 aromatic carbocycles. The molecule has 1 rings (SSSR count). The van der Waals surface area contributed by atoms with E-state index in [0.29, 0.717) is 0 Å². The Morgan fingerprint density at radius 1 is 1.35 bits per heavy atom. The van der Waals surface area contributed by atoms with Crippen LogP contribution in [0.5, 0.6) is 0 Å². The van der Waals surface area contributed by atoms with E-state index in [1.807, 2.05) is 0 Å². The molecule has 2 amide bonds. The molecule has 1 aliphatic heterocycles. The smallest absolute Gasteiger partial charge is 0.408 e. The molecule has 8 heteroatoms. The average Bonchev–Trinajstić information content (AvgIpc) is 2.65. The van der Waals surface area contributed by atoms with Gasteiger partial charge < -0.3 is 25.2 Å².